The van der Waals surface area contributed by atoms with Crippen LogP contribution in [-0.4, -0.2) is 11.8 Å². The van der Waals surface area contributed by atoms with Gasteiger partial charge in [-0.05, 0) is 48.9 Å². The predicted molar refractivity (Wildman–Crippen MR) is 76.3 cm³/mol. The fourth-order valence-electron chi connectivity index (χ4n) is 4.02. The van der Waals surface area contributed by atoms with Crippen LogP contribution in [0, 0.1) is 17.3 Å². The predicted octanol–water partition coefficient (Wildman–Crippen LogP) is 3.19. The number of carbonyl (C=O) groups is 2. The second-order valence-electron chi connectivity index (χ2n) is 6.03. The number of carbonyl (C=O) groups excluding carboxylic acids is 2. The van der Waals surface area contributed by atoms with E-state index in [0.29, 0.717) is 23.0 Å². The van der Waals surface area contributed by atoms with Gasteiger partial charge in [-0.15, -0.1) is 0 Å². The summed E-state index contributed by atoms with van der Waals surface area (Å²) in [6.45, 7) is 0. The number of benzene rings is 1. The number of allylic oxidation sites excluding steroid dienone is 2. The Bertz CT molecular complexity index is 636. The molecule has 1 heterocycles. The molecule has 1 saturated heterocycles. The lowest BCUT2D eigenvalue weighted by Crippen LogP contribution is -2.38. The van der Waals surface area contributed by atoms with Crippen LogP contribution >= 0.6 is 11.6 Å². The van der Waals surface area contributed by atoms with Gasteiger partial charge in [-0.3, -0.25) is 14.5 Å². The van der Waals surface area contributed by atoms with E-state index < -0.39 is 5.41 Å². The third-order valence-corrected chi connectivity index (χ3v) is 5.19. The highest BCUT2D eigenvalue weighted by Gasteiger charge is 2.60. The van der Waals surface area contributed by atoms with Crippen molar-refractivity contribution in [2.45, 2.75) is 19.3 Å². The zero-order valence-corrected chi connectivity index (χ0v) is 11.6. The van der Waals surface area contributed by atoms with Crippen LogP contribution in [0.25, 0.3) is 0 Å². The van der Waals surface area contributed by atoms with Gasteiger partial charge in [0.25, 0.3) is 0 Å². The molecule has 2 aliphatic carbocycles. The van der Waals surface area contributed by atoms with Crippen molar-refractivity contribution in [3.8, 4) is 0 Å². The van der Waals surface area contributed by atoms with Gasteiger partial charge in [-0.25, -0.2) is 0 Å². The SMILES string of the molecule is O=C1C[C@@]2(C[C@@H]3C=C[C@H]2C3)C(=O)N1c1ccc(Cl)cc1. The quantitative estimate of drug-likeness (QED) is 0.588. The number of hydrogen-bond donors (Lipinski definition) is 0. The first-order valence-electron chi connectivity index (χ1n) is 6.91. The third-order valence-electron chi connectivity index (χ3n) is 4.94. The number of imide groups is 1. The van der Waals surface area contributed by atoms with Crippen molar-refractivity contribution in [3.63, 3.8) is 0 Å². The molecular weight excluding hydrogens is 274 g/mol. The molecule has 0 radical (unpaired) electrons. The zero-order valence-electron chi connectivity index (χ0n) is 10.9. The number of anilines is 1. The summed E-state index contributed by atoms with van der Waals surface area (Å²) < 4.78 is 0. The molecular formula is C16H14ClNO2. The summed E-state index contributed by atoms with van der Waals surface area (Å²) in [6.07, 6.45) is 6.51. The molecule has 1 spiro atoms. The molecule has 4 rings (SSSR count). The van der Waals surface area contributed by atoms with E-state index in [2.05, 4.69) is 12.2 Å². The second kappa shape index (κ2) is 3.95. The van der Waals surface area contributed by atoms with Crippen LogP contribution in [0.2, 0.25) is 5.02 Å². The minimum Gasteiger partial charge on any atom is -0.274 e. The molecule has 2 fully saturated rings. The van der Waals surface area contributed by atoms with Gasteiger partial charge in [0.2, 0.25) is 11.8 Å². The molecule has 0 aromatic heterocycles. The summed E-state index contributed by atoms with van der Waals surface area (Å²) in [7, 11) is 0. The van der Waals surface area contributed by atoms with Crippen molar-refractivity contribution in [2.75, 3.05) is 4.90 Å². The molecule has 2 bridgehead atoms. The van der Waals surface area contributed by atoms with E-state index in [1.54, 1.807) is 24.3 Å². The summed E-state index contributed by atoms with van der Waals surface area (Å²) in [4.78, 5) is 26.6. The van der Waals surface area contributed by atoms with E-state index in [0.717, 1.165) is 12.8 Å². The Morgan fingerprint density at radius 3 is 2.50 bits per heavy atom. The molecule has 4 heteroatoms. The minimum absolute atomic E-state index is 0.0262. The Morgan fingerprint density at radius 1 is 1.15 bits per heavy atom. The summed E-state index contributed by atoms with van der Waals surface area (Å²) in [5.74, 6) is 0.600. The molecule has 3 atom stereocenters. The Labute approximate surface area is 122 Å². The van der Waals surface area contributed by atoms with Crippen molar-refractivity contribution in [3.05, 3.63) is 41.4 Å². The maximum atomic E-state index is 12.9. The molecule has 0 N–H and O–H groups in total. The highest BCUT2D eigenvalue weighted by molar-refractivity contribution is 6.30. The second-order valence-corrected chi connectivity index (χ2v) is 6.47. The summed E-state index contributed by atoms with van der Waals surface area (Å²) in [5, 5.41) is 0.602. The highest BCUT2D eigenvalue weighted by atomic mass is 35.5. The van der Waals surface area contributed by atoms with E-state index in [9.17, 15) is 9.59 Å². The monoisotopic (exact) mass is 287 g/mol. The number of rotatable bonds is 1. The van der Waals surface area contributed by atoms with E-state index in [1.807, 2.05) is 0 Å². The van der Waals surface area contributed by atoms with Crippen LogP contribution in [-0.2, 0) is 9.59 Å². The van der Waals surface area contributed by atoms with Crippen molar-refractivity contribution in [1.29, 1.82) is 0 Å². The molecule has 1 aliphatic heterocycles. The van der Waals surface area contributed by atoms with E-state index >= 15 is 0 Å². The zero-order chi connectivity index (χ0) is 13.9. The first-order valence-corrected chi connectivity index (χ1v) is 7.29. The third kappa shape index (κ3) is 1.47. The summed E-state index contributed by atoms with van der Waals surface area (Å²) in [5.41, 5.74) is 0.156. The minimum atomic E-state index is -0.476. The lowest BCUT2D eigenvalue weighted by Gasteiger charge is -2.28. The molecule has 3 nitrogen and oxygen atoms in total. The maximum absolute atomic E-state index is 12.9. The summed E-state index contributed by atoms with van der Waals surface area (Å²) in [6, 6.07) is 6.90. The van der Waals surface area contributed by atoms with Gasteiger partial charge in [0.15, 0.2) is 0 Å². The number of amides is 2. The molecule has 1 aromatic carbocycles. The standard InChI is InChI=1S/C16H14ClNO2/c17-12-3-5-13(6-4-12)18-14(19)9-16(15(18)20)8-10-1-2-11(16)7-10/h1-6,10-11H,7-9H2/t10-,11+,16-/m1/s1. The Morgan fingerprint density at radius 2 is 1.90 bits per heavy atom. The van der Waals surface area contributed by atoms with Crippen molar-refractivity contribution >= 4 is 29.1 Å². The van der Waals surface area contributed by atoms with Crippen molar-refractivity contribution in [2.24, 2.45) is 17.3 Å². The Balaban J connectivity index is 1.73. The van der Waals surface area contributed by atoms with Crippen LogP contribution in [0.15, 0.2) is 36.4 Å². The van der Waals surface area contributed by atoms with Gasteiger partial charge < -0.3 is 0 Å². The fraction of sp³-hybridized carbons (Fsp3) is 0.375. The first kappa shape index (κ1) is 12.2. The van der Waals surface area contributed by atoms with Crippen LogP contribution in [0.5, 0.6) is 0 Å². The molecule has 102 valence electrons. The Kier molecular flexibility index (Phi) is 2.40. The number of hydrogen-bond acceptors (Lipinski definition) is 2. The molecule has 1 saturated carbocycles. The molecule has 1 aromatic rings. The fourth-order valence-corrected chi connectivity index (χ4v) is 4.14. The molecule has 20 heavy (non-hydrogen) atoms. The van der Waals surface area contributed by atoms with Gasteiger partial charge >= 0.3 is 0 Å². The number of fused-ring (bicyclic) bond motifs is 3. The van der Waals surface area contributed by atoms with Gasteiger partial charge in [0.05, 0.1) is 11.1 Å². The van der Waals surface area contributed by atoms with Crippen molar-refractivity contribution in [1.82, 2.24) is 0 Å². The highest BCUT2D eigenvalue weighted by Crippen LogP contribution is 2.57. The van der Waals surface area contributed by atoms with Gasteiger partial charge in [-0.1, -0.05) is 23.8 Å². The van der Waals surface area contributed by atoms with Crippen molar-refractivity contribution < 1.29 is 9.59 Å². The maximum Gasteiger partial charge on any atom is 0.241 e. The van der Waals surface area contributed by atoms with Gasteiger partial charge in [0.1, 0.15) is 0 Å². The van der Waals surface area contributed by atoms with Gasteiger partial charge in [0, 0.05) is 11.4 Å². The molecule has 3 aliphatic rings. The lowest BCUT2D eigenvalue weighted by molar-refractivity contribution is -0.126. The summed E-state index contributed by atoms with van der Waals surface area (Å²) >= 11 is 5.87. The van der Waals surface area contributed by atoms with Crippen LogP contribution in [0.1, 0.15) is 19.3 Å². The number of halogens is 1. The average molecular weight is 288 g/mol. The lowest BCUT2D eigenvalue weighted by atomic mass is 9.74. The van der Waals surface area contributed by atoms with E-state index in [4.69, 9.17) is 11.6 Å². The first-order chi connectivity index (χ1) is 9.60. The average Bonchev–Trinajstić information content (AvgIpc) is 3.07. The normalized spacial score (nSPS) is 34.8. The molecule has 0 unspecified atom stereocenters. The van der Waals surface area contributed by atoms with E-state index in [-0.39, 0.29) is 17.7 Å². The topological polar surface area (TPSA) is 37.4 Å². The largest absolute Gasteiger partial charge is 0.274 e. The molecule has 2 amide bonds. The Hall–Kier alpha value is -1.61. The number of nitrogens with zero attached hydrogens (tertiary/aromatic N) is 1. The van der Waals surface area contributed by atoms with Crippen LogP contribution in [0.4, 0.5) is 5.69 Å². The smallest absolute Gasteiger partial charge is 0.241 e. The van der Waals surface area contributed by atoms with Gasteiger partial charge in [-0.2, -0.15) is 0 Å². The van der Waals surface area contributed by atoms with Crippen LogP contribution in [0.3, 0.4) is 0 Å². The van der Waals surface area contributed by atoms with Crippen LogP contribution < -0.4 is 4.90 Å². The van der Waals surface area contributed by atoms with E-state index in [1.165, 1.54) is 4.90 Å².